The topological polar surface area (TPSA) is 99.2 Å². The van der Waals surface area contributed by atoms with E-state index >= 15 is 0 Å². The molecule has 2 aromatic carbocycles. The zero-order valence-corrected chi connectivity index (χ0v) is 30.1. The number of anilines is 1. The molecule has 0 spiro atoms. The van der Waals surface area contributed by atoms with E-state index in [4.69, 9.17) is 16.3 Å². The number of amides is 2. The van der Waals surface area contributed by atoms with Crippen LogP contribution in [0.15, 0.2) is 48.6 Å². The summed E-state index contributed by atoms with van der Waals surface area (Å²) < 4.78 is 22.5. The van der Waals surface area contributed by atoms with Gasteiger partial charge in [0.15, 0.2) is 0 Å². The number of rotatable bonds is 5. The van der Waals surface area contributed by atoms with Gasteiger partial charge >= 0.3 is 0 Å². The number of ether oxygens (including phenoxy) is 1. The van der Waals surface area contributed by atoms with E-state index in [1.807, 2.05) is 51.1 Å². The van der Waals surface area contributed by atoms with Crippen LogP contribution in [0.2, 0.25) is 5.02 Å². The molecule has 8 atom stereocenters. The highest BCUT2D eigenvalue weighted by Crippen LogP contribution is 2.48. The summed E-state index contributed by atoms with van der Waals surface area (Å²) in [5.74, 6) is -0.520. The highest BCUT2D eigenvalue weighted by molar-refractivity contribution is 7.84. The van der Waals surface area contributed by atoms with E-state index in [1.54, 1.807) is 25.1 Å². The van der Waals surface area contributed by atoms with Crippen LogP contribution in [-0.2, 0) is 22.2 Å². The summed E-state index contributed by atoms with van der Waals surface area (Å²) in [6, 6.07) is 11.5. The molecule has 2 amide bonds. The highest BCUT2D eigenvalue weighted by atomic mass is 35.5. The second kappa shape index (κ2) is 14.7. The number of halogens is 1. The van der Waals surface area contributed by atoms with Gasteiger partial charge in [-0.15, -0.1) is 0 Å². The molecule has 1 saturated carbocycles. The zero-order valence-electron chi connectivity index (χ0n) is 28.5. The van der Waals surface area contributed by atoms with Crippen LogP contribution in [-0.4, -0.2) is 70.7 Å². The van der Waals surface area contributed by atoms with E-state index in [0.717, 1.165) is 31.4 Å². The molecule has 2 aromatic rings. The van der Waals surface area contributed by atoms with Gasteiger partial charge in [-0.1, -0.05) is 57.0 Å². The second-order valence-corrected chi connectivity index (χ2v) is 16.0. The smallest absolute Gasteiger partial charge is 0.263 e. The molecule has 2 N–H and O–H groups in total. The quantitative estimate of drug-likeness (QED) is 0.368. The minimum Gasteiger partial charge on any atom is -0.491 e. The molecule has 1 fully saturated rings. The lowest BCUT2D eigenvalue weighted by Gasteiger charge is -2.50. The summed E-state index contributed by atoms with van der Waals surface area (Å²) in [6.07, 6.45) is 7.92. The number of hydrogen-bond acceptors (Lipinski definition) is 6. The Morgan fingerprint density at radius 1 is 1.19 bits per heavy atom. The molecule has 2 heterocycles. The first kappa shape index (κ1) is 35.4. The molecule has 0 saturated heterocycles. The molecule has 5 rings (SSSR count). The molecule has 0 radical (unpaired) electrons. The summed E-state index contributed by atoms with van der Waals surface area (Å²) >= 11 is 6.43. The Morgan fingerprint density at radius 3 is 2.64 bits per heavy atom. The molecule has 256 valence electrons. The summed E-state index contributed by atoms with van der Waals surface area (Å²) in [4.78, 5) is 30.6. The second-order valence-electron chi connectivity index (χ2n) is 14.0. The Bertz CT molecular complexity index is 1530. The predicted octanol–water partition coefficient (Wildman–Crippen LogP) is 6.13. The lowest BCUT2D eigenvalue weighted by molar-refractivity contribution is -0.147. The fourth-order valence-corrected chi connectivity index (χ4v) is 8.64. The largest absolute Gasteiger partial charge is 0.491 e. The number of nitrogens with one attached hydrogen (secondary N) is 1. The number of hydrogen-bond donors (Lipinski definition) is 2. The van der Waals surface area contributed by atoms with Crippen molar-refractivity contribution in [1.82, 2.24) is 9.62 Å². The molecule has 47 heavy (non-hydrogen) atoms. The van der Waals surface area contributed by atoms with Crippen molar-refractivity contribution in [2.45, 2.75) is 76.6 Å². The van der Waals surface area contributed by atoms with Crippen molar-refractivity contribution in [1.29, 1.82) is 0 Å². The van der Waals surface area contributed by atoms with Crippen LogP contribution < -0.4 is 14.4 Å². The highest BCUT2D eigenvalue weighted by Gasteiger charge is 2.51. The Labute approximate surface area is 287 Å². The van der Waals surface area contributed by atoms with Gasteiger partial charge < -0.3 is 19.6 Å². The molecule has 7 unspecified atom stereocenters. The third kappa shape index (κ3) is 7.42. The van der Waals surface area contributed by atoms with Gasteiger partial charge in [-0.2, -0.15) is 0 Å². The molecule has 2 bridgehead atoms. The number of carbonyl (C=O) groups excluding carboxylic acids is 2. The van der Waals surface area contributed by atoms with Crippen molar-refractivity contribution in [2.75, 3.05) is 38.7 Å². The van der Waals surface area contributed by atoms with Crippen LogP contribution in [0, 0.1) is 23.7 Å². The molecule has 3 aliphatic rings. The number of nitrogens with zero attached hydrogens (tertiary/aromatic N) is 2. The van der Waals surface area contributed by atoms with Crippen molar-refractivity contribution in [3.63, 3.8) is 0 Å². The molecule has 8 nitrogen and oxygen atoms in total. The van der Waals surface area contributed by atoms with E-state index < -0.39 is 22.5 Å². The average molecular weight is 684 g/mol. The molecule has 0 aromatic heterocycles. The van der Waals surface area contributed by atoms with Gasteiger partial charge in [-0.3, -0.25) is 14.3 Å². The number of fused-ring (bicyclic) bond motifs is 2. The standard InChI is InChI=1S/C37H50ClN3O5S/c1-7-9-26-18-30(38)13-14-31(26)29-21-41-20-28-11-15-32(28)37(44,24(3)36(43)40(5)6)17-8-10-23(2)25(4)47(45)39-35(42)27-12-16-34(46-22-29)33(41)19-27/h8,12-14,16-19,23-25,28-29,32,44H,7,9-11,15,20-22H2,1-6H3,(H,39,42)/b17-8+/t23?,24-,25?,28?,29?,32?,37?,47?/m1/s1. The predicted molar refractivity (Wildman–Crippen MR) is 189 cm³/mol. The van der Waals surface area contributed by atoms with Crippen molar-refractivity contribution in [2.24, 2.45) is 23.7 Å². The van der Waals surface area contributed by atoms with E-state index in [9.17, 15) is 18.9 Å². The molecular weight excluding hydrogens is 634 g/mol. The van der Waals surface area contributed by atoms with Crippen molar-refractivity contribution >= 4 is 40.1 Å². The third-order valence-corrected chi connectivity index (χ3v) is 12.5. The Hall–Kier alpha value is -2.88. The minimum atomic E-state index is -1.63. The fraction of sp³-hybridized carbons (Fsp3) is 0.568. The number of allylic oxidation sites excluding steroid dienone is 1. The number of aliphatic hydroxyl groups is 1. The lowest BCUT2D eigenvalue weighted by Crippen LogP contribution is -2.56. The van der Waals surface area contributed by atoms with Crippen LogP contribution >= 0.6 is 11.6 Å². The number of carbonyl (C=O) groups is 2. The summed E-state index contributed by atoms with van der Waals surface area (Å²) in [7, 11) is 1.82. The average Bonchev–Trinajstić information content (AvgIpc) is 3.20. The van der Waals surface area contributed by atoms with Crippen molar-refractivity contribution in [3.8, 4) is 5.75 Å². The summed E-state index contributed by atoms with van der Waals surface area (Å²) in [5.41, 5.74) is 2.27. The van der Waals surface area contributed by atoms with Gasteiger partial charge in [0.2, 0.25) is 5.91 Å². The maximum Gasteiger partial charge on any atom is 0.263 e. The van der Waals surface area contributed by atoms with Gasteiger partial charge in [0.25, 0.3) is 5.91 Å². The first-order valence-electron chi connectivity index (χ1n) is 17.0. The van der Waals surface area contributed by atoms with Crippen LogP contribution in [0.4, 0.5) is 5.69 Å². The number of aryl methyl sites for hydroxylation is 1. The first-order chi connectivity index (χ1) is 22.3. The number of benzene rings is 2. The fourth-order valence-electron chi connectivity index (χ4n) is 7.43. The maximum atomic E-state index is 13.4. The van der Waals surface area contributed by atoms with Crippen LogP contribution in [0.1, 0.15) is 80.8 Å². The van der Waals surface area contributed by atoms with Gasteiger partial charge in [0.05, 0.1) is 29.1 Å². The zero-order chi connectivity index (χ0) is 34.0. The van der Waals surface area contributed by atoms with E-state index in [1.165, 1.54) is 11.1 Å². The monoisotopic (exact) mass is 683 g/mol. The van der Waals surface area contributed by atoms with E-state index in [0.29, 0.717) is 42.5 Å². The van der Waals surface area contributed by atoms with Crippen LogP contribution in [0.25, 0.3) is 0 Å². The van der Waals surface area contributed by atoms with Crippen molar-refractivity contribution < 1.29 is 23.6 Å². The molecule has 2 aliphatic heterocycles. The normalized spacial score (nSPS) is 30.9. The lowest BCUT2D eigenvalue weighted by atomic mass is 9.60. The molecule has 10 heteroatoms. The van der Waals surface area contributed by atoms with E-state index in [-0.39, 0.29) is 40.7 Å². The summed E-state index contributed by atoms with van der Waals surface area (Å²) in [5, 5.41) is 12.8. The van der Waals surface area contributed by atoms with Gasteiger partial charge in [0, 0.05) is 43.7 Å². The van der Waals surface area contributed by atoms with Crippen molar-refractivity contribution in [3.05, 3.63) is 70.3 Å². The van der Waals surface area contributed by atoms with Gasteiger partial charge in [0.1, 0.15) is 16.7 Å². The minimum absolute atomic E-state index is 0.0329. The van der Waals surface area contributed by atoms with Crippen LogP contribution in [0.3, 0.4) is 0 Å². The first-order valence-corrected chi connectivity index (χ1v) is 18.6. The molecular formula is C37H50ClN3O5S. The van der Waals surface area contributed by atoms with Gasteiger partial charge in [-0.25, -0.2) is 4.21 Å². The molecule has 1 aliphatic carbocycles. The third-order valence-electron chi connectivity index (χ3n) is 10.7. The maximum absolute atomic E-state index is 13.4. The van der Waals surface area contributed by atoms with Gasteiger partial charge in [-0.05, 0) is 91.8 Å². The van der Waals surface area contributed by atoms with Crippen LogP contribution in [0.5, 0.6) is 5.75 Å². The Balaban J connectivity index is 1.59. The SMILES string of the molecule is CCCc1cc(Cl)ccc1C1COc2ccc3cc2N(C1)CC1CCC1C(O)([C@H](C)C(=O)N(C)C)/C=C/CC(C)C(C)S(=O)NC3=O. The van der Waals surface area contributed by atoms with E-state index in [2.05, 4.69) is 28.7 Å². The Kier molecular flexibility index (Phi) is 11.1. The summed E-state index contributed by atoms with van der Waals surface area (Å²) in [6.45, 7) is 9.55. The Morgan fingerprint density at radius 2 is 1.96 bits per heavy atom.